The van der Waals surface area contributed by atoms with Gasteiger partial charge in [0.25, 0.3) is 0 Å². The van der Waals surface area contributed by atoms with E-state index in [0.717, 1.165) is 30.0 Å². The lowest BCUT2D eigenvalue weighted by Crippen LogP contribution is -2.37. The van der Waals surface area contributed by atoms with Crippen LogP contribution in [0.3, 0.4) is 0 Å². The number of rotatable bonds is 3. The Morgan fingerprint density at radius 2 is 2.10 bits per heavy atom. The molecule has 0 aliphatic carbocycles. The Labute approximate surface area is 118 Å². The molecule has 0 atom stereocenters. The molecule has 2 aromatic rings. The first-order chi connectivity index (χ1) is 9.63. The van der Waals surface area contributed by atoms with Crippen molar-refractivity contribution in [3.8, 4) is 0 Å². The molecule has 5 nitrogen and oxygen atoms in total. The largest absolute Gasteiger partial charge is 0.315 e. The van der Waals surface area contributed by atoms with Crippen molar-refractivity contribution >= 4 is 5.78 Å². The highest BCUT2D eigenvalue weighted by atomic mass is 16.1. The maximum absolute atomic E-state index is 12.3. The summed E-state index contributed by atoms with van der Waals surface area (Å²) in [6.07, 6.45) is 1.75. The molecule has 1 aliphatic heterocycles. The Bertz CT molecular complexity index is 647. The van der Waals surface area contributed by atoms with Crippen LogP contribution in [0, 0.1) is 13.8 Å². The van der Waals surface area contributed by atoms with Crippen LogP contribution in [0.5, 0.6) is 0 Å². The predicted octanol–water partition coefficient (Wildman–Crippen LogP) is 1.59. The number of carbonyl (C=O) groups excluding carboxylic acids is 1. The molecule has 0 spiro atoms. The molecule has 0 saturated heterocycles. The average molecular weight is 270 g/mol. The topological polar surface area (TPSA) is 51.0 Å². The van der Waals surface area contributed by atoms with Crippen LogP contribution in [-0.2, 0) is 13.1 Å². The maximum atomic E-state index is 12.3. The zero-order valence-electron chi connectivity index (χ0n) is 11.8. The van der Waals surface area contributed by atoms with Crippen molar-refractivity contribution in [2.75, 3.05) is 13.1 Å². The second-order valence-electron chi connectivity index (χ2n) is 5.37. The lowest BCUT2D eigenvalue weighted by molar-refractivity contribution is 0.0908. The van der Waals surface area contributed by atoms with E-state index in [9.17, 15) is 4.79 Å². The summed E-state index contributed by atoms with van der Waals surface area (Å²) in [5.41, 5.74) is 3.17. The van der Waals surface area contributed by atoms with Gasteiger partial charge in [0, 0.05) is 18.7 Å². The summed E-state index contributed by atoms with van der Waals surface area (Å²) in [7, 11) is 0. The Morgan fingerprint density at radius 1 is 1.25 bits per heavy atom. The van der Waals surface area contributed by atoms with E-state index in [1.54, 1.807) is 6.33 Å². The van der Waals surface area contributed by atoms with Gasteiger partial charge in [-0.2, -0.15) is 0 Å². The molecule has 0 bridgehead atoms. The first-order valence-corrected chi connectivity index (χ1v) is 6.83. The minimum Gasteiger partial charge on any atom is -0.315 e. The molecule has 5 heteroatoms. The predicted molar refractivity (Wildman–Crippen MR) is 75.5 cm³/mol. The van der Waals surface area contributed by atoms with Crippen molar-refractivity contribution in [1.29, 1.82) is 0 Å². The third kappa shape index (κ3) is 2.49. The molecule has 1 aliphatic rings. The fourth-order valence-corrected chi connectivity index (χ4v) is 2.46. The summed E-state index contributed by atoms with van der Waals surface area (Å²) in [4.78, 5) is 14.5. The molecule has 0 unspecified atom stereocenters. The molecule has 0 saturated carbocycles. The van der Waals surface area contributed by atoms with E-state index in [-0.39, 0.29) is 5.78 Å². The monoisotopic (exact) mass is 270 g/mol. The Kier molecular flexibility index (Phi) is 3.36. The Hall–Kier alpha value is -2.01. The van der Waals surface area contributed by atoms with Gasteiger partial charge in [-0.1, -0.05) is 12.1 Å². The van der Waals surface area contributed by atoms with E-state index in [2.05, 4.69) is 22.0 Å². The average Bonchev–Trinajstić information content (AvgIpc) is 2.89. The van der Waals surface area contributed by atoms with Gasteiger partial charge in [0.1, 0.15) is 12.2 Å². The number of hydrogen-bond donors (Lipinski definition) is 0. The lowest BCUT2D eigenvalue weighted by atomic mass is 10.0. The smallest absolute Gasteiger partial charge is 0.176 e. The number of carbonyl (C=O) groups is 1. The van der Waals surface area contributed by atoms with E-state index in [4.69, 9.17) is 0 Å². The molecule has 0 fully saturated rings. The van der Waals surface area contributed by atoms with Gasteiger partial charge < -0.3 is 4.57 Å². The summed E-state index contributed by atoms with van der Waals surface area (Å²) in [5, 5.41) is 7.97. The van der Waals surface area contributed by atoms with Crippen molar-refractivity contribution in [3.63, 3.8) is 0 Å². The summed E-state index contributed by atoms with van der Waals surface area (Å²) < 4.78 is 2.04. The van der Waals surface area contributed by atoms with Gasteiger partial charge >= 0.3 is 0 Å². The van der Waals surface area contributed by atoms with E-state index in [1.165, 1.54) is 5.56 Å². The molecule has 20 heavy (non-hydrogen) atoms. The highest BCUT2D eigenvalue weighted by Crippen LogP contribution is 2.13. The number of ketones is 1. The normalized spacial score (nSPS) is 15.1. The number of benzene rings is 1. The molecule has 0 N–H and O–H groups in total. The number of fused-ring (bicyclic) bond motifs is 1. The summed E-state index contributed by atoms with van der Waals surface area (Å²) in [6, 6.07) is 5.90. The number of hydrogen-bond acceptors (Lipinski definition) is 4. The first kappa shape index (κ1) is 13.0. The minimum absolute atomic E-state index is 0.168. The van der Waals surface area contributed by atoms with Crippen LogP contribution in [0.4, 0.5) is 0 Å². The fourth-order valence-electron chi connectivity index (χ4n) is 2.46. The quantitative estimate of drug-likeness (QED) is 0.795. The van der Waals surface area contributed by atoms with E-state index < -0.39 is 0 Å². The van der Waals surface area contributed by atoms with Crippen LogP contribution in [0.2, 0.25) is 0 Å². The van der Waals surface area contributed by atoms with Gasteiger partial charge in [-0.25, -0.2) is 0 Å². The SMILES string of the molecule is Cc1ccc(C(=O)CN2CCn3cnnc3C2)cc1C. The minimum atomic E-state index is 0.168. The molecule has 3 rings (SSSR count). The summed E-state index contributed by atoms with van der Waals surface area (Å²) >= 11 is 0. The van der Waals surface area contributed by atoms with Crippen molar-refractivity contribution in [3.05, 3.63) is 47.0 Å². The third-order valence-corrected chi connectivity index (χ3v) is 3.91. The number of aryl methyl sites for hydroxylation is 2. The van der Waals surface area contributed by atoms with Crippen molar-refractivity contribution in [2.24, 2.45) is 0 Å². The molecule has 104 valence electrons. The molecule has 1 aromatic heterocycles. The standard InChI is InChI=1S/C15H18N4O/c1-11-3-4-13(7-12(11)2)14(20)8-18-5-6-19-10-16-17-15(19)9-18/h3-4,7,10H,5-6,8-9H2,1-2H3. The number of Topliss-reactive ketones (excluding diaryl/α,β-unsaturated/α-hetero) is 1. The Balaban J connectivity index is 1.69. The van der Waals surface area contributed by atoms with Crippen LogP contribution >= 0.6 is 0 Å². The van der Waals surface area contributed by atoms with Gasteiger partial charge in [-0.05, 0) is 31.0 Å². The number of nitrogens with zero attached hydrogens (tertiary/aromatic N) is 4. The van der Waals surface area contributed by atoms with E-state index in [0.29, 0.717) is 13.1 Å². The molecule has 0 amide bonds. The zero-order chi connectivity index (χ0) is 14.1. The molecule has 1 aromatic carbocycles. The van der Waals surface area contributed by atoms with Crippen molar-refractivity contribution in [1.82, 2.24) is 19.7 Å². The Morgan fingerprint density at radius 3 is 2.90 bits per heavy atom. The summed E-state index contributed by atoms with van der Waals surface area (Å²) in [6.45, 7) is 6.94. The third-order valence-electron chi connectivity index (χ3n) is 3.91. The molecular weight excluding hydrogens is 252 g/mol. The second kappa shape index (κ2) is 5.17. The van der Waals surface area contributed by atoms with Gasteiger partial charge in [-0.15, -0.1) is 10.2 Å². The van der Waals surface area contributed by atoms with E-state index >= 15 is 0 Å². The molecule has 2 heterocycles. The van der Waals surface area contributed by atoms with Crippen LogP contribution in [-0.4, -0.2) is 38.5 Å². The second-order valence-corrected chi connectivity index (χ2v) is 5.37. The van der Waals surface area contributed by atoms with Crippen LogP contribution in [0.25, 0.3) is 0 Å². The van der Waals surface area contributed by atoms with Crippen LogP contribution in [0.1, 0.15) is 27.3 Å². The van der Waals surface area contributed by atoms with Gasteiger partial charge in [0.05, 0.1) is 13.1 Å². The highest BCUT2D eigenvalue weighted by Gasteiger charge is 2.20. The zero-order valence-corrected chi connectivity index (χ0v) is 11.8. The molecule has 0 radical (unpaired) electrons. The fraction of sp³-hybridized carbons (Fsp3) is 0.400. The first-order valence-electron chi connectivity index (χ1n) is 6.83. The summed E-state index contributed by atoms with van der Waals surface area (Å²) in [5.74, 6) is 1.10. The van der Waals surface area contributed by atoms with E-state index in [1.807, 2.05) is 29.7 Å². The highest BCUT2D eigenvalue weighted by molar-refractivity contribution is 5.97. The van der Waals surface area contributed by atoms with Crippen molar-refractivity contribution < 1.29 is 4.79 Å². The van der Waals surface area contributed by atoms with Crippen molar-refractivity contribution in [2.45, 2.75) is 26.9 Å². The van der Waals surface area contributed by atoms with Gasteiger partial charge in [0.2, 0.25) is 0 Å². The molecular formula is C15H18N4O. The lowest BCUT2D eigenvalue weighted by Gasteiger charge is -2.26. The van der Waals surface area contributed by atoms with Crippen LogP contribution < -0.4 is 0 Å². The number of aromatic nitrogens is 3. The maximum Gasteiger partial charge on any atom is 0.176 e. The van der Waals surface area contributed by atoms with Gasteiger partial charge in [0.15, 0.2) is 5.78 Å². The van der Waals surface area contributed by atoms with Gasteiger partial charge in [-0.3, -0.25) is 9.69 Å². The van der Waals surface area contributed by atoms with Crippen LogP contribution in [0.15, 0.2) is 24.5 Å².